The van der Waals surface area contributed by atoms with E-state index in [0.29, 0.717) is 24.4 Å². The van der Waals surface area contributed by atoms with Crippen LogP contribution < -0.4 is 9.64 Å². The van der Waals surface area contributed by atoms with Crippen molar-refractivity contribution in [2.24, 2.45) is 0 Å². The number of piperazine rings is 1. The summed E-state index contributed by atoms with van der Waals surface area (Å²) in [7, 11) is 1.61. The summed E-state index contributed by atoms with van der Waals surface area (Å²) in [5.74, 6) is 1.70. The highest BCUT2D eigenvalue weighted by molar-refractivity contribution is 7.16. The highest BCUT2D eigenvalue weighted by Crippen LogP contribution is 2.27. The van der Waals surface area contributed by atoms with Gasteiger partial charge in [-0.05, 0) is 29.6 Å². The Morgan fingerprint density at radius 3 is 2.80 bits per heavy atom. The van der Waals surface area contributed by atoms with Gasteiger partial charge in [-0.15, -0.1) is 11.3 Å². The fraction of sp³-hybridized carbons (Fsp3) is 0.278. The SMILES string of the molecule is COc1cccc(C(=O)N2CCN(c3ncnc4sccc34)CC2)c1. The van der Waals surface area contributed by atoms with E-state index in [1.54, 1.807) is 30.8 Å². The minimum Gasteiger partial charge on any atom is -0.497 e. The summed E-state index contributed by atoms with van der Waals surface area (Å²) in [4.78, 5) is 26.6. The number of anilines is 1. The highest BCUT2D eigenvalue weighted by Gasteiger charge is 2.24. The standard InChI is InChI=1S/C18H18N4O2S/c1-24-14-4-2-3-13(11-14)18(23)22-8-6-21(7-9-22)16-15-5-10-25-17(15)20-12-19-16/h2-5,10-12H,6-9H2,1H3. The van der Waals surface area contributed by atoms with Crippen molar-refractivity contribution in [3.63, 3.8) is 0 Å². The third-order valence-corrected chi connectivity index (χ3v) is 5.24. The maximum atomic E-state index is 12.7. The summed E-state index contributed by atoms with van der Waals surface area (Å²) in [6.45, 7) is 2.87. The Morgan fingerprint density at radius 2 is 2.00 bits per heavy atom. The number of benzene rings is 1. The van der Waals surface area contributed by atoms with Crippen molar-refractivity contribution in [1.29, 1.82) is 0 Å². The van der Waals surface area contributed by atoms with Gasteiger partial charge >= 0.3 is 0 Å². The molecule has 0 unspecified atom stereocenters. The van der Waals surface area contributed by atoms with Gasteiger partial charge < -0.3 is 14.5 Å². The monoisotopic (exact) mass is 354 g/mol. The molecule has 7 heteroatoms. The summed E-state index contributed by atoms with van der Waals surface area (Å²) in [5.41, 5.74) is 0.662. The predicted octanol–water partition coefficient (Wildman–Crippen LogP) is 2.66. The molecular formula is C18H18N4O2S. The van der Waals surface area contributed by atoms with Crippen molar-refractivity contribution >= 4 is 33.3 Å². The molecule has 1 aliphatic rings. The molecule has 1 saturated heterocycles. The van der Waals surface area contributed by atoms with Gasteiger partial charge in [0.25, 0.3) is 5.91 Å². The molecule has 1 amide bonds. The van der Waals surface area contributed by atoms with Crippen LogP contribution in [0.5, 0.6) is 5.75 Å². The van der Waals surface area contributed by atoms with E-state index in [1.165, 1.54) is 0 Å². The first-order valence-corrected chi connectivity index (χ1v) is 9.01. The van der Waals surface area contributed by atoms with E-state index < -0.39 is 0 Å². The Morgan fingerprint density at radius 1 is 1.16 bits per heavy atom. The minimum absolute atomic E-state index is 0.0434. The average molecular weight is 354 g/mol. The van der Waals surface area contributed by atoms with E-state index >= 15 is 0 Å². The molecule has 0 saturated carbocycles. The highest BCUT2D eigenvalue weighted by atomic mass is 32.1. The second-order valence-electron chi connectivity index (χ2n) is 5.85. The van der Waals surface area contributed by atoms with Crippen molar-refractivity contribution in [1.82, 2.24) is 14.9 Å². The third kappa shape index (κ3) is 3.02. The summed E-state index contributed by atoms with van der Waals surface area (Å²) in [6, 6.07) is 9.36. The molecule has 0 spiro atoms. The molecule has 0 atom stereocenters. The molecule has 0 radical (unpaired) electrons. The van der Waals surface area contributed by atoms with Gasteiger partial charge in [-0.3, -0.25) is 4.79 Å². The fourth-order valence-electron chi connectivity index (χ4n) is 3.09. The molecule has 2 aromatic heterocycles. The molecule has 0 N–H and O–H groups in total. The molecular weight excluding hydrogens is 336 g/mol. The smallest absolute Gasteiger partial charge is 0.254 e. The molecule has 1 fully saturated rings. The van der Waals surface area contributed by atoms with Crippen LogP contribution in [0, 0.1) is 0 Å². The van der Waals surface area contributed by atoms with E-state index in [-0.39, 0.29) is 5.91 Å². The third-order valence-electron chi connectivity index (χ3n) is 4.42. The lowest BCUT2D eigenvalue weighted by Gasteiger charge is -2.35. The molecule has 25 heavy (non-hydrogen) atoms. The zero-order valence-electron chi connectivity index (χ0n) is 13.9. The number of hydrogen-bond donors (Lipinski definition) is 0. The molecule has 3 aromatic rings. The van der Waals surface area contributed by atoms with Crippen LogP contribution in [-0.2, 0) is 0 Å². The van der Waals surface area contributed by atoms with Crippen molar-refractivity contribution in [2.75, 3.05) is 38.2 Å². The van der Waals surface area contributed by atoms with Gasteiger partial charge in [0.05, 0.1) is 12.5 Å². The quantitative estimate of drug-likeness (QED) is 0.724. The van der Waals surface area contributed by atoms with Crippen LogP contribution in [0.1, 0.15) is 10.4 Å². The number of nitrogens with zero attached hydrogens (tertiary/aromatic N) is 4. The summed E-state index contributed by atoms with van der Waals surface area (Å²) in [6.07, 6.45) is 1.61. The molecule has 6 nitrogen and oxygen atoms in total. The van der Waals surface area contributed by atoms with Crippen LogP contribution in [0.3, 0.4) is 0 Å². The van der Waals surface area contributed by atoms with E-state index in [0.717, 1.165) is 29.1 Å². The van der Waals surface area contributed by atoms with Gasteiger partial charge in [0, 0.05) is 31.7 Å². The topological polar surface area (TPSA) is 58.6 Å². The lowest BCUT2D eigenvalue weighted by atomic mass is 10.1. The van der Waals surface area contributed by atoms with Crippen LogP contribution in [0.15, 0.2) is 42.0 Å². The maximum Gasteiger partial charge on any atom is 0.254 e. The molecule has 0 aliphatic carbocycles. The van der Waals surface area contributed by atoms with E-state index in [2.05, 4.69) is 20.9 Å². The Kier molecular flexibility index (Phi) is 4.23. The van der Waals surface area contributed by atoms with Crippen LogP contribution >= 0.6 is 11.3 Å². The summed E-state index contributed by atoms with van der Waals surface area (Å²) >= 11 is 1.62. The second kappa shape index (κ2) is 6.68. The Balaban J connectivity index is 1.48. The zero-order valence-corrected chi connectivity index (χ0v) is 14.7. The van der Waals surface area contributed by atoms with Crippen LogP contribution in [0.25, 0.3) is 10.2 Å². The lowest BCUT2D eigenvalue weighted by Crippen LogP contribution is -2.49. The predicted molar refractivity (Wildman–Crippen MR) is 98.5 cm³/mol. The van der Waals surface area contributed by atoms with E-state index in [4.69, 9.17) is 4.74 Å². The van der Waals surface area contributed by atoms with E-state index in [1.807, 2.05) is 28.5 Å². The first-order valence-electron chi connectivity index (χ1n) is 8.13. The number of carbonyl (C=O) groups excluding carboxylic acids is 1. The van der Waals surface area contributed by atoms with E-state index in [9.17, 15) is 4.79 Å². The average Bonchev–Trinajstić information content (AvgIpc) is 3.16. The van der Waals surface area contributed by atoms with Gasteiger partial charge in [-0.1, -0.05) is 6.07 Å². The van der Waals surface area contributed by atoms with Crippen LogP contribution in [0.4, 0.5) is 5.82 Å². The molecule has 4 rings (SSSR count). The van der Waals surface area contributed by atoms with Crippen molar-refractivity contribution in [3.8, 4) is 5.75 Å². The van der Waals surface area contributed by atoms with Crippen LogP contribution in [0.2, 0.25) is 0 Å². The van der Waals surface area contributed by atoms with Gasteiger partial charge in [0.1, 0.15) is 22.7 Å². The first kappa shape index (κ1) is 15.8. The Labute approximate surface area is 149 Å². The molecule has 3 heterocycles. The first-order chi connectivity index (χ1) is 12.3. The summed E-state index contributed by atoms with van der Waals surface area (Å²) < 4.78 is 5.21. The Bertz CT molecular complexity index is 903. The number of rotatable bonds is 3. The number of aromatic nitrogens is 2. The number of carbonyl (C=O) groups is 1. The maximum absolute atomic E-state index is 12.7. The molecule has 128 valence electrons. The number of methoxy groups -OCH3 is 1. The van der Waals surface area contributed by atoms with Gasteiger partial charge in [0.2, 0.25) is 0 Å². The van der Waals surface area contributed by atoms with Gasteiger partial charge in [0.15, 0.2) is 0 Å². The number of ether oxygens (including phenoxy) is 1. The second-order valence-corrected chi connectivity index (χ2v) is 6.74. The Hall–Kier alpha value is -2.67. The van der Waals surface area contributed by atoms with Crippen LogP contribution in [-0.4, -0.2) is 54.1 Å². The van der Waals surface area contributed by atoms with Crippen molar-refractivity contribution < 1.29 is 9.53 Å². The number of fused-ring (bicyclic) bond motifs is 1. The van der Waals surface area contributed by atoms with Crippen molar-refractivity contribution in [2.45, 2.75) is 0 Å². The lowest BCUT2D eigenvalue weighted by molar-refractivity contribution is 0.0746. The number of amides is 1. The fourth-order valence-corrected chi connectivity index (χ4v) is 3.82. The van der Waals surface area contributed by atoms with Gasteiger partial charge in [-0.25, -0.2) is 9.97 Å². The largest absolute Gasteiger partial charge is 0.497 e. The van der Waals surface area contributed by atoms with Crippen molar-refractivity contribution in [3.05, 3.63) is 47.6 Å². The number of hydrogen-bond acceptors (Lipinski definition) is 6. The normalized spacial score (nSPS) is 14.8. The van der Waals surface area contributed by atoms with Gasteiger partial charge in [-0.2, -0.15) is 0 Å². The molecule has 1 aliphatic heterocycles. The zero-order chi connectivity index (χ0) is 17.2. The minimum atomic E-state index is 0.0434. The number of thiophene rings is 1. The summed E-state index contributed by atoms with van der Waals surface area (Å²) in [5, 5.41) is 3.12. The molecule has 0 bridgehead atoms. The molecule has 1 aromatic carbocycles.